The topological polar surface area (TPSA) is 27.7 Å². The first kappa shape index (κ1) is 15.5. The van der Waals surface area contributed by atoms with Crippen LogP contribution in [0.25, 0.3) is 0 Å². The van der Waals surface area contributed by atoms with Crippen LogP contribution in [0.2, 0.25) is 0 Å². The van der Waals surface area contributed by atoms with Gasteiger partial charge in [-0.15, -0.1) is 0 Å². The number of fused-ring (bicyclic) bond motifs is 1. The van der Waals surface area contributed by atoms with Crippen LogP contribution in [0.4, 0.5) is 0 Å². The van der Waals surface area contributed by atoms with Crippen molar-refractivity contribution in [2.24, 2.45) is 0 Å². The lowest BCUT2D eigenvalue weighted by atomic mass is 9.96. The van der Waals surface area contributed by atoms with Gasteiger partial charge in [-0.3, -0.25) is 0 Å². The van der Waals surface area contributed by atoms with Crippen molar-refractivity contribution in [3.8, 4) is 23.3 Å². The van der Waals surface area contributed by atoms with Gasteiger partial charge in [0.2, 0.25) is 0 Å². The zero-order chi connectivity index (χ0) is 16.2. The van der Waals surface area contributed by atoms with E-state index in [0.29, 0.717) is 12.4 Å². The third-order valence-electron chi connectivity index (χ3n) is 3.95. The number of benzene rings is 2. The molecule has 0 bridgehead atoms. The van der Waals surface area contributed by atoms with Gasteiger partial charge in [-0.05, 0) is 48.7 Å². The van der Waals surface area contributed by atoms with E-state index in [1.54, 1.807) is 14.2 Å². The molecular weight excluding hydrogens is 288 g/mol. The smallest absolute Gasteiger partial charge is 0.161 e. The largest absolute Gasteiger partial charge is 0.493 e. The first-order valence-corrected chi connectivity index (χ1v) is 7.66. The third-order valence-corrected chi connectivity index (χ3v) is 3.95. The number of hydrogen-bond acceptors (Lipinski definition) is 3. The predicted molar refractivity (Wildman–Crippen MR) is 90.0 cm³/mol. The summed E-state index contributed by atoms with van der Waals surface area (Å²) in [6.07, 6.45) is 0.622. The first-order valence-electron chi connectivity index (χ1n) is 7.66. The van der Waals surface area contributed by atoms with E-state index in [2.05, 4.69) is 30.9 Å². The van der Waals surface area contributed by atoms with Crippen LogP contribution in [0.5, 0.6) is 11.5 Å². The molecule has 1 heterocycles. The van der Waals surface area contributed by atoms with Crippen molar-refractivity contribution in [3.05, 3.63) is 58.7 Å². The van der Waals surface area contributed by atoms with Gasteiger partial charge in [0.15, 0.2) is 11.5 Å². The normalized spacial score (nSPS) is 16.0. The van der Waals surface area contributed by atoms with Crippen molar-refractivity contribution in [2.45, 2.75) is 19.4 Å². The molecule has 0 radical (unpaired) electrons. The van der Waals surface area contributed by atoms with Crippen LogP contribution in [-0.2, 0) is 11.2 Å². The highest BCUT2D eigenvalue weighted by atomic mass is 16.5. The highest BCUT2D eigenvalue weighted by molar-refractivity contribution is 5.51. The molecule has 1 aliphatic heterocycles. The average molecular weight is 308 g/mol. The molecule has 0 fully saturated rings. The summed E-state index contributed by atoms with van der Waals surface area (Å²) in [5, 5.41) is 0. The molecule has 0 spiro atoms. The molecule has 0 N–H and O–H groups in total. The number of hydrogen-bond donors (Lipinski definition) is 0. The fourth-order valence-corrected chi connectivity index (χ4v) is 2.77. The zero-order valence-electron chi connectivity index (χ0n) is 13.7. The number of methoxy groups -OCH3 is 2. The molecule has 3 rings (SSSR count). The monoisotopic (exact) mass is 308 g/mol. The van der Waals surface area contributed by atoms with Gasteiger partial charge in [-0.25, -0.2) is 0 Å². The van der Waals surface area contributed by atoms with Crippen molar-refractivity contribution in [2.75, 3.05) is 20.8 Å². The van der Waals surface area contributed by atoms with E-state index in [4.69, 9.17) is 14.2 Å². The minimum absolute atomic E-state index is 0.237. The maximum absolute atomic E-state index is 5.86. The van der Waals surface area contributed by atoms with Gasteiger partial charge in [0.25, 0.3) is 0 Å². The van der Waals surface area contributed by atoms with Gasteiger partial charge in [0, 0.05) is 11.1 Å². The maximum Gasteiger partial charge on any atom is 0.161 e. The Morgan fingerprint density at radius 1 is 1.09 bits per heavy atom. The maximum atomic E-state index is 5.86. The van der Waals surface area contributed by atoms with Crippen LogP contribution in [-0.4, -0.2) is 20.8 Å². The third kappa shape index (κ3) is 3.33. The van der Waals surface area contributed by atoms with Crippen molar-refractivity contribution in [1.29, 1.82) is 0 Å². The Bertz CT molecular complexity index is 768. The van der Waals surface area contributed by atoms with Crippen LogP contribution in [0, 0.1) is 18.8 Å². The van der Waals surface area contributed by atoms with Crippen molar-refractivity contribution in [3.63, 3.8) is 0 Å². The Labute approximate surface area is 137 Å². The molecule has 1 aliphatic rings. The SMILES string of the molecule is COc1cc2c(cc1OC)[C@H](C#Cc1cccc(C)c1)OCC2. The van der Waals surface area contributed by atoms with Gasteiger partial charge < -0.3 is 14.2 Å². The lowest BCUT2D eigenvalue weighted by molar-refractivity contribution is 0.0810. The second-order valence-electron chi connectivity index (χ2n) is 5.55. The molecule has 23 heavy (non-hydrogen) atoms. The summed E-state index contributed by atoms with van der Waals surface area (Å²) < 4.78 is 16.6. The summed E-state index contributed by atoms with van der Waals surface area (Å²) in [6.45, 7) is 2.73. The summed E-state index contributed by atoms with van der Waals surface area (Å²) in [5.74, 6) is 7.91. The Balaban J connectivity index is 1.96. The first-order chi connectivity index (χ1) is 11.2. The van der Waals surface area contributed by atoms with Gasteiger partial charge in [0.1, 0.15) is 6.10 Å². The van der Waals surface area contributed by atoms with E-state index in [1.165, 1.54) is 11.1 Å². The fraction of sp³-hybridized carbons (Fsp3) is 0.300. The highest BCUT2D eigenvalue weighted by Crippen LogP contribution is 2.36. The van der Waals surface area contributed by atoms with Crippen LogP contribution < -0.4 is 9.47 Å². The molecule has 0 saturated heterocycles. The van der Waals surface area contributed by atoms with E-state index < -0.39 is 0 Å². The van der Waals surface area contributed by atoms with Crippen LogP contribution in [0.15, 0.2) is 36.4 Å². The summed E-state index contributed by atoms with van der Waals surface area (Å²) in [5.41, 5.74) is 4.47. The van der Waals surface area contributed by atoms with Gasteiger partial charge in [-0.2, -0.15) is 0 Å². The van der Waals surface area contributed by atoms with Gasteiger partial charge >= 0.3 is 0 Å². The van der Waals surface area contributed by atoms with E-state index in [9.17, 15) is 0 Å². The van der Waals surface area contributed by atoms with Gasteiger partial charge in [-0.1, -0.05) is 24.0 Å². The average Bonchev–Trinajstić information content (AvgIpc) is 2.58. The lowest BCUT2D eigenvalue weighted by Crippen LogP contribution is -2.15. The van der Waals surface area contributed by atoms with Gasteiger partial charge in [0.05, 0.1) is 20.8 Å². The molecule has 0 unspecified atom stereocenters. The molecule has 0 saturated carbocycles. The Morgan fingerprint density at radius 2 is 1.87 bits per heavy atom. The number of rotatable bonds is 2. The summed E-state index contributed by atoms with van der Waals surface area (Å²) >= 11 is 0. The molecule has 0 aromatic heterocycles. The van der Waals surface area contributed by atoms with E-state index in [1.807, 2.05) is 24.3 Å². The quantitative estimate of drug-likeness (QED) is 0.792. The molecule has 118 valence electrons. The summed E-state index contributed by atoms with van der Waals surface area (Å²) in [7, 11) is 3.29. The molecule has 3 heteroatoms. The van der Waals surface area contributed by atoms with Crippen LogP contribution in [0.1, 0.15) is 28.4 Å². The Kier molecular flexibility index (Phi) is 4.55. The van der Waals surface area contributed by atoms with Crippen LogP contribution >= 0.6 is 0 Å². The standard InChI is InChI=1S/C20H20O3/c1-14-5-4-6-15(11-14)7-8-18-17-13-20(22-3)19(21-2)12-16(17)9-10-23-18/h4-6,11-13,18H,9-10H2,1-3H3/t18-/m0/s1. The molecule has 0 amide bonds. The van der Waals surface area contributed by atoms with Crippen molar-refractivity contribution in [1.82, 2.24) is 0 Å². The van der Waals surface area contributed by atoms with Crippen molar-refractivity contribution >= 4 is 0 Å². The Morgan fingerprint density at radius 3 is 2.61 bits per heavy atom. The molecule has 2 aromatic carbocycles. The fourth-order valence-electron chi connectivity index (χ4n) is 2.77. The molecule has 3 nitrogen and oxygen atoms in total. The van der Waals surface area contributed by atoms with E-state index >= 15 is 0 Å². The van der Waals surface area contributed by atoms with Crippen molar-refractivity contribution < 1.29 is 14.2 Å². The minimum atomic E-state index is -0.237. The Hall–Kier alpha value is -2.44. The minimum Gasteiger partial charge on any atom is -0.493 e. The molecule has 0 aliphatic carbocycles. The number of aryl methyl sites for hydroxylation is 1. The highest BCUT2D eigenvalue weighted by Gasteiger charge is 2.22. The second kappa shape index (κ2) is 6.76. The van der Waals surface area contributed by atoms with E-state index in [0.717, 1.165) is 23.3 Å². The van der Waals surface area contributed by atoms with Crippen LogP contribution in [0.3, 0.4) is 0 Å². The molecule has 1 atom stereocenters. The predicted octanol–water partition coefficient (Wildman–Crippen LogP) is 3.68. The second-order valence-corrected chi connectivity index (χ2v) is 5.55. The molecule has 2 aromatic rings. The molecular formula is C20H20O3. The zero-order valence-corrected chi connectivity index (χ0v) is 13.7. The number of ether oxygens (including phenoxy) is 3. The summed E-state index contributed by atoms with van der Waals surface area (Å²) in [6, 6.07) is 12.2. The van der Waals surface area contributed by atoms with E-state index in [-0.39, 0.29) is 6.10 Å². The lowest BCUT2D eigenvalue weighted by Gasteiger charge is -2.24. The summed E-state index contributed by atoms with van der Waals surface area (Å²) in [4.78, 5) is 0.